The van der Waals surface area contributed by atoms with Crippen molar-refractivity contribution >= 4 is 11.3 Å². The fraction of sp³-hybridized carbons (Fsp3) is 0.250. The van der Waals surface area contributed by atoms with Gasteiger partial charge in [-0.05, 0) is 19.9 Å². The average Bonchev–Trinajstić information content (AvgIpc) is 2.57. The first-order valence-electron chi connectivity index (χ1n) is 5.13. The van der Waals surface area contributed by atoms with E-state index in [9.17, 15) is 8.78 Å². The van der Waals surface area contributed by atoms with Gasteiger partial charge in [-0.15, -0.1) is 11.3 Å². The van der Waals surface area contributed by atoms with E-state index >= 15 is 0 Å². The number of nitrogens with two attached hydrogens (primary N) is 1. The highest BCUT2D eigenvalue weighted by Gasteiger charge is 2.18. The summed E-state index contributed by atoms with van der Waals surface area (Å²) >= 11 is 1.43. The van der Waals surface area contributed by atoms with Crippen molar-refractivity contribution in [3.63, 3.8) is 0 Å². The van der Waals surface area contributed by atoms with E-state index in [0.29, 0.717) is 0 Å². The summed E-state index contributed by atoms with van der Waals surface area (Å²) in [7, 11) is 0. The zero-order valence-corrected chi connectivity index (χ0v) is 10.3. The van der Waals surface area contributed by atoms with Gasteiger partial charge in [-0.1, -0.05) is 6.07 Å². The molecule has 2 aromatic rings. The Morgan fingerprint density at radius 1 is 1.29 bits per heavy atom. The summed E-state index contributed by atoms with van der Waals surface area (Å²) in [4.78, 5) is 5.06. The van der Waals surface area contributed by atoms with Crippen LogP contribution in [0.1, 0.15) is 27.2 Å². The Morgan fingerprint density at radius 3 is 2.53 bits per heavy atom. The number of nitrogens with zero attached hydrogens (tertiary/aromatic N) is 1. The Labute approximate surface area is 102 Å². The maximum atomic E-state index is 13.6. The molecule has 17 heavy (non-hydrogen) atoms. The normalized spacial score (nSPS) is 12.8. The molecule has 1 atom stereocenters. The first-order valence-corrected chi connectivity index (χ1v) is 5.95. The van der Waals surface area contributed by atoms with E-state index < -0.39 is 17.7 Å². The van der Waals surface area contributed by atoms with Gasteiger partial charge >= 0.3 is 0 Å². The van der Waals surface area contributed by atoms with Gasteiger partial charge in [-0.25, -0.2) is 13.8 Å². The minimum absolute atomic E-state index is 0.290. The summed E-state index contributed by atoms with van der Waals surface area (Å²) in [5.41, 5.74) is 7.07. The first kappa shape index (κ1) is 12.1. The van der Waals surface area contributed by atoms with Crippen LogP contribution in [-0.4, -0.2) is 4.98 Å². The van der Waals surface area contributed by atoms with Gasteiger partial charge in [-0.3, -0.25) is 0 Å². The fourth-order valence-corrected chi connectivity index (χ4v) is 2.68. The second-order valence-corrected chi connectivity index (χ2v) is 5.06. The van der Waals surface area contributed by atoms with E-state index in [2.05, 4.69) is 4.98 Å². The Morgan fingerprint density at radius 2 is 2.00 bits per heavy atom. The highest BCUT2D eigenvalue weighted by atomic mass is 32.1. The lowest BCUT2D eigenvalue weighted by atomic mass is 10.0. The lowest BCUT2D eigenvalue weighted by Gasteiger charge is -2.11. The van der Waals surface area contributed by atoms with Crippen LogP contribution in [0.2, 0.25) is 0 Å². The van der Waals surface area contributed by atoms with Crippen molar-refractivity contribution in [1.82, 2.24) is 4.98 Å². The standard InChI is InChI=1S/C12H12F2N2S/c1-6-12(17-7(2)16-6)11(15)9-4-3-8(13)5-10(9)14/h3-5,11H,15H2,1-2H3. The van der Waals surface area contributed by atoms with Crippen LogP contribution in [0.4, 0.5) is 8.78 Å². The summed E-state index contributed by atoms with van der Waals surface area (Å²) < 4.78 is 26.4. The maximum absolute atomic E-state index is 13.6. The number of hydrogen-bond donors (Lipinski definition) is 1. The number of halogens is 2. The number of benzene rings is 1. The molecule has 0 spiro atoms. The SMILES string of the molecule is Cc1nc(C)c(C(N)c2ccc(F)cc2F)s1. The Hall–Kier alpha value is -1.33. The molecule has 0 saturated heterocycles. The van der Waals surface area contributed by atoms with Gasteiger partial charge in [0.05, 0.1) is 16.7 Å². The molecular formula is C12H12F2N2S. The number of thiazole rings is 1. The van der Waals surface area contributed by atoms with Crippen molar-refractivity contribution in [2.45, 2.75) is 19.9 Å². The molecule has 2 N–H and O–H groups in total. The monoisotopic (exact) mass is 254 g/mol. The predicted molar refractivity (Wildman–Crippen MR) is 64.0 cm³/mol. The van der Waals surface area contributed by atoms with Gasteiger partial charge in [0.25, 0.3) is 0 Å². The molecule has 0 aliphatic rings. The van der Waals surface area contributed by atoms with Crippen molar-refractivity contribution < 1.29 is 8.78 Å². The molecule has 2 nitrogen and oxygen atoms in total. The van der Waals surface area contributed by atoms with Crippen LogP contribution in [0.25, 0.3) is 0 Å². The summed E-state index contributed by atoms with van der Waals surface area (Å²) in [5.74, 6) is -1.22. The van der Waals surface area contributed by atoms with Gasteiger partial charge in [0, 0.05) is 16.5 Å². The van der Waals surface area contributed by atoms with Crippen LogP contribution >= 0.6 is 11.3 Å². The second-order valence-electron chi connectivity index (χ2n) is 3.83. The molecule has 90 valence electrons. The lowest BCUT2D eigenvalue weighted by molar-refractivity contribution is 0.566. The minimum Gasteiger partial charge on any atom is -0.319 e. The third-order valence-electron chi connectivity index (χ3n) is 2.52. The largest absolute Gasteiger partial charge is 0.319 e. The minimum atomic E-state index is -0.622. The zero-order valence-electron chi connectivity index (χ0n) is 9.50. The number of rotatable bonds is 2. The Kier molecular flexibility index (Phi) is 3.22. The molecule has 0 amide bonds. The van der Waals surface area contributed by atoms with Crippen molar-refractivity contribution in [3.05, 3.63) is 51.0 Å². The highest BCUT2D eigenvalue weighted by Crippen LogP contribution is 2.29. The third kappa shape index (κ3) is 2.35. The lowest BCUT2D eigenvalue weighted by Crippen LogP contribution is -2.13. The van der Waals surface area contributed by atoms with Gasteiger partial charge in [0.15, 0.2) is 0 Å². The summed E-state index contributed by atoms with van der Waals surface area (Å²) in [5, 5.41) is 0.885. The zero-order chi connectivity index (χ0) is 12.6. The van der Waals surface area contributed by atoms with E-state index in [1.807, 2.05) is 13.8 Å². The molecule has 0 aliphatic carbocycles. The first-order chi connectivity index (χ1) is 7.99. The quantitative estimate of drug-likeness (QED) is 0.894. The topological polar surface area (TPSA) is 38.9 Å². The molecule has 1 unspecified atom stereocenters. The van der Waals surface area contributed by atoms with Gasteiger partial charge in [0.2, 0.25) is 0 Å². The molecule has 0 radical (unpaired) electrons. The summed E-state index contributed by atoms with van der Waals surface area (Å²) in [6.45, 7) is 3.70. The van der Waals surface area contributed by atoms with Crippen molar-refractivity contribution in [3.8, 4) is 0 Å². The van der Waals surface area contributed by atoms with E-state index in [-0.39, 0.29) is 5.56 Å². The molecule has 2 rings (SSSR count). The van der Waals surface area contributed by atoms with E-state index in [1.54, 1.807) is 0 Å². The van der Waals surface area contributed by atoms with Crippen LogP contribution in [-0.2, 0) is 0 Å². The van der Waals surface area contributed by atoms with Gasteiger partial charge in [-0.2, -0.15) is 0 Å². The maximum Gasteiger partial charge on any atom is 0.131 e. The van der Waals surface area contributed by atoms with E-state index in [4.69, 9.17) is 5.73 Å². The fourth-order valence-electron chi connectivity index (χ4n) is 1.73. The van der Waals surface area contributed by atoms with Crippen LogP contribution in [0, 0.1) is 25.5 Å². The average molecular weight is 254 g/mol. The Balaban J connectivity index is 2.43. The molecule has 1 aromatic carbocycles. The molecule has 1 aromatic heterocycles. The van der Waals surface area contributed by atoms with Gasteiger partial charge < -0.3 is 5.73 Å². The van der Waals surface area contributed by atoms with Crippen molar-refractivity contribution in [2.75, 3.05) is 0 Å². The molecule has 0 bridgehead atoms. The molecule has 0 saturated carbocycles. The summed E-state index contributed by atoms with van der Waals surface area (Å²) in [6, 6.07) is 2.84. The number of hydrogen-bond acceptors (Lipinski definition) is 3. The number of aromatic nitrogens is 1. The van der Waals surface area contributed by atoms with E-state index in [0.717, 1.165) is 21.6 Å². The van der Waals surface area contributed by atoms with Crippen LogP contribution < -0.4 is 5.73 Å². The molecular weight excluding hydrogens is 242 g/mol. The second kappa shape index (κ2) is 4.50. The predicted octanol–water partition coefficient (Wildman–Crippen LogP) is 3.09. The summed E-state index contributed by atoms with van der Waals surface area (Å²) in [6.07, 6.45) is 0. The smallest absolute Gasteiger partial charge is 0.131 e. The van der Waals surface area contributed by atoms with Crippen LogP contribution in [0.5, 0.6) is 0 Å². The third-order valence-corrected chi connectivity index (χ3v) is 3.68. The van der Waals surface area contributed by atoms with Crippen LogP contribution in [0.15, 0.2) is 18.2 Å². The molecule has 5 heteroatoms. The highest BCUT2D eigenvalue weighted by molar-refractivity contribution is 7.11. The van der Waals surface area contributed by atoms with Crippen LogP contribution in [0.3, 0.4) is 0 Å². The van der Waals surface area contributed by atoms with Crippen molar-refractivity contribution in [1.29, 1.82) is 0 Å². The molecule has 0 fully saturated rings. The number of aryl methyl sites for hydroxylation is 2. The van der Waals surface area contributed by atoms with Crippen molar-refractivity contribution in [2.24, 2.45) is 5.73 Å². The van der Waals surface area contributed by atoms with Gasteiger partial charge in [0.1, 0.15) is 11.6 Å². The Bertz CT molecular complexity index is 551. The van der Waals surface area contributed by atoms with E-state index in [1.165, 1.54) is 23.5 Å². The molecule has 0 aliphatic heterocycles. The molecule has 1 heterocycles.